The smallest absolute Gasteiger partial charge is 0.316 e. The van der Waals surface area contributed by atoms with Crippen molar-refractivity contribution in [1.82, 2.24) is 25.2 Å². The van der Waals surface area contributed by atoms with Gasteiger partial charge >= 0.3 is 6.01 Å². The first kappa shape index (κ1) is 20.8. The van der Waals surface area contributed by atoms with Crippen molar-refractivity contribution in [3.05, 3.63) is 48.3 Å². The Morgan fingerprint density at radius 1 is 1.25 bits per heavy atom. The van der Waals surface area contributed by atoms with E-state index >= 15 is 0 Å². The van der Waals surface area contributed by atoms with Crippen LogP contribution in [0.15, 0.2) is 42.7 Å². The lowest BCUT2D eigenvalue weighted by atomic mass is 9.85. The number of likely N-dealkylation sites (tertiary alicyclic amines) is 1. The van der Waals surface area contributed by atoms with Gasteiger partial charge in [0, 0.05) is 48.5 Å². The van der Waals surface area contributed by atoms with Gasteiger partial charge in [0.05, 0.1) is 23.4 Å². The number of fused-ring (bicyclic) bond motifs is 1. The molecule has 0 bridgehead atoms. The number of halogens is 1. The Kier molecular flexibility index (Phi) is 5.70. The SMILES string of the molecule is CCOc1ncc(-c2cc(C(=O)NC3CC(N4CC[C@H](F)C4)C3)c3ccccc3n2)cn1. The predicted molar refractivity (Wildman–Crippen MR) is 119 cm³/mol. The van der Waals surface area contributed by atoms with Crippen LogP contribution in [0.1, 0.15) is 36.5 Å². The first-order valence-corrected chi connectivity index (χ1v) is 11.1. The quantitative estimate of drug-likeness (QED) is 0.639. The molecule has 3 aromatic rings. The lowest BCUT2D eigenvalue weighted by molar-refractivity contribution is 0.0807. The molecule has 0 unspecified atom stereocenters. The van der Waals surface area contributed by atoms with Gasteiger partial charge < -0.3 is 10.1 Å². The van der Waals surface area contributed by atoms with E-state index in [-0.39, 0.29) is 11.9 Å². The molecule has 2 fully saturated rings. The Labute approximate surface area is 186 Å². The molecule has 1 aliphatic heterocycles. The van der Waals surface area contributed by atoms with Crippen LogP contribution < -0.4 is 10.1 Å². The van der Waals surface area contributed by atoms with Crippen molar-refractivity contribution in [2.75, 3.05) is 19.7 Å². The number of nitrogens with zero attached hydrogens (tertiary/aromatic N) is 4. The highest BCUT2D eigenvalue weighted by atomic mass is 19.1. The van der Waals surface area contributed by atoms with Gasteiger partial charge in [-0.25, -0.2) is 19.3 Å². The Morgan fingerprint density at radius 2 is 2.03 bits per heavy atom. The third-order valence-corrected chi connectivity index (χ3v) is 6.29. The van der Waals surface area contributed by atoms with E-state index in [9.17, 15) is 9.18 Å². The standard InChI is InChI=1S/C24H26FN5O2/c1-2-32-24-26-12-15(13-27-24)22-11-20(19-5-3-4-6-21(19)29-22)23(31)28-17-9-18(10-17)30-8-7-16(25)14-30/h3-6,11-13,16-18H,2,7-10,14H2,1H3,(H,28,31)/t16-,17?,18?/m0/s1. The number of hydrogen-bond donors (Lipinski definition) is 1. The highest BCUT2D eigenvalue weighted by Crippen LogP contribution is 2.30. The van der Waals surface area contributed by atoms with Gasteiger partial charge in [-0.15, -0.1) is 0 Å². The summed E-state index contributed by atoms with van der Waals surface area (Å²) in [4.78, 5) is 28.5. The number of hydrogen-bond acceptors (Lipinski definition) is 6. The van der Waals surface area contributed by atoms with E-state index in [1.807, 2.05) is 31.2 Å². The number of nitrogens with one attached hydrogen (secondary N) is 1. The number of ether oxygens (including phenoxy) is 1. The van der Waals surface area contributed by atoms with Gasteiger partial charge in [-0.3, -0.25) is 9.69 Å². The van der Waals surface area contributed by atoms with Crippen molar-refractivity contribution in [3.8, 4) is 17.3 Å². The number of carbonyl (C=O) groups excluding carboxylic acids is 1. The summed E-state index contributed by atoms with van der Waals surface area (Å²) in [7, 11) is 0. The minimum absolute atomic E-state index is 0.107. The van der Waals surface area contributed by atoms with E-state index in [4.69, 9.17) is 9.72 Å². The fourth-order valence-corrected chi connectivity index (χ4v) is 4.50. The van der Waals surface area contributed by atoms with Crippen molar-refractivity contribution in [2.45, 2.75) is 44.4 Å². The third-order valence-electron chi connectivity index (χ3n) is 6.29. The van der Waals surface area contributed by atoms with Crippen LogP contribution in [0.25, 0.3) is 22.2 Å². The molecule has 0 radical (unpaired) electrons. The highest BCUT2D eigenvalue weighted by molar-refractivity contribution is 6.07. The maximum atomic E-state index is 13.5. The average Bonchev–Trinajstić information content (AvgIpc) is 3.21. The molecule has 166 valence electrons. The molecule has 3 heterocycles. The third kappa shape index (κ3) is 4.14. The van der Waals surface area contributed by atoms with E-state index in [1.165, 1.54) is 0 Å². The number of rotatable bonds is 6. The minimum atomic E-state index is -0.711. The molecule has 1 amide bonds. The van der Waals surface area contributed by atoms with Gasteiger partial charge in [0.1, 0.15) is 6.17 Å². The number of pyridine rings is 1. The summed E-state index contributed by atoms with van der Waals surface area (Å²) >= 11 is 0. The van der Waals surface area contributed by atoms with Gasteiger partial charge in [-0.1, -0.05) is 18.2 Å². The molecule has 1 atom stereocenters. The molecule has 0 spiro atoms. The molecule has 32 heavy (non-hydrogen) atoms. The fraction of sp³-hybridized carbons (Fsp3) is 0.417. The summed E-state index contributed by atoms with van der Waals surface area (Å²) in [6.45, 7) is 3.70. The summed E-state index contributed by atoms with van der Waals surface area (Å²) in [6.07, 6.45) is 4.94. The largest absolute Gasteiger partial charge is 0.464 e. The van der Waals surface area contributed by atoms with Crippen LogP contribution in [-0.2, 0) is 0 Å². The van der Waals surface area contributed by atoms with Gasteiger partial charge in [-0.2, -0.15) is 0 Å². The number of carbonyl (C=O) groups is 1. The molecule has 5 rings (SSSR count). The zero-order valence-corrected chi connectivity index (χ0v) is 18.0. The number of para-hydroxylation sites is 1. The first-order valence-electron chi connectivity index (χ1n) is 11.1. The van der Waals surface area contributed by atoms with Crippen LogP contribution in [0.2, 0.25) is 0 Å². The van der Waals surface area contributed by atoms with Crippen LogP contribution in [0.5, 0.6) is 6.01 Å². The van der Waals surface area contributed by atoms with Crippen molar-refractivity contribution in [2.24, 2.45) is 0 Å². The van der Waals surface area contributed by atoms with Crippen LogP contribution in [0.3, 0.4) is 0 Å². The molecular weight excluding hydrogens is 409 g/mol. The summed E-state index contributed by atoms with van der Waals surface area (Å²) < 4.78 is 18.8. The fourth-order valence-electron chi connectivity index (χ4n) is 4.50. The maximum Gasteiger partial charge on any atom is 0.316 e. The molecule has 1 aliphatic carbocycles. The van der Waals surface area contributed by atoms with E-state index in [0.29, 0.717) is 48.4 Å². The molecular formula is C24H26FN5O2. The topological polar surface area (TPSA) is 80.2 Å². The zero-order chi connectivity index (χ0) is 22.1. The summed E-state index contributed by atoms with van der Waals surface area (Å²) in [5.74, 6) is -0.120. The molecule has 2 aliphatic rings. The molecule has 8 heteroatoms. The summed E-state index contributed by atoms with van der Waals surface area (Å²) in [5, 5.41) is 3.96. The summed E-state index contributed by atoms with van der Waals surface area (Å²) in [6, 6.07) is 10.2. The van der Waals surface area contributed by atoms with Crippen molar-refractivity contribution < 1.29 is 13.9 Å². The number of alkyl halides is 1. The van der Waals surface area contributed by atoms with Crippen LogP contribution in [-0.4, -0.2) is 63.7 Å². The maximum absolute atomic E-state index is 13.5. The van der Waals surface area contributed by atoms with Crippen LogP contribution >= 0.6 is 0 Å². The van der Waals surface area contributed by atoms with Crippen LogP contribution in [0.4, 0.5) is 4.39 Å². The van der Waals surface area contributed by atoms with E-state index < -0.39 is 6.17 Å². The molecule has 1 aromatic carbocycles. The molecule has 1 saturated heterocycles. The van der Waals surface area contributed by atoms with Crippen molar-refractivity contribution in [3.63, 3.8) is 0 Å². The molecule has 1 N–H and O–H groups in total. The minimum Gasteiger partial charge on any atom is -0.464 e. The van der Waals surface area contributed by atoms with Gasteiger partial charge in [0.15, 0.2) is 0 Å². The second-order valence-corrected chi connectivity index (χ2v) is 8.44. The van der Waals surface area contributed by atoms with Crippen molar-refractivity contribution in [1.29, 1.82) is 0 Å². The molecule has 7 nitrogen and oxygen atoms in total. The second kappa shape index (κ2) is 8.78. The number of benzene rings is 1. The Bertz CT molecular complexity index is 1120. The Hall–Kier alpha value is -3.13. The summed E-state index contributed by atoms with van der Waals surface area (Å²) in [5.41, 5.74) is 2.66. The average molecular weight is 436 g/mol. The van der Waals surface area contributed by atoms with Gasteiger partial charge in [-0.05, 0) is 38.3 Å². The normalized spacial score (nSPS) is 23.1. The van der Waals surface area contributed by atoms with E-state index in [0.717, 1.165) is 30.3 Å². The highest BCUT2D eigenvalue weighted by Gasteiger charge is 2.38. The lowest BCUT2D eigenvalue weighted by Crippen LogP contribution is -2.53. The number of aromatic nitrogens is 3. The van der Waals surface area contributed by atoms with Gasteiger partial charge in [0.25, 0.3) is 5.91 Å². The second-order valence-electron chi connectivity index (χ2n) is 8.44. The first-order chi connectivity index (χ1) is 15.6. The lowest BCUT2D eigenvalue weighted by Gasteiger charge is -2.41. The Morgan fingerprint density at radius 3 is 2.75 bits per heavy atom. The zero-order valence-electron chi connectivity index (χ0n) is 18.0. The Balaban J connectivity index is 1.35. The monoisotopic (exact) mass is 435 g/mol. The van der Waals surface area contributed by atoms with Crippen LogP contribution in [0, 0.1) is 0 Å². The van der Waals surface area contributed by atoms with Crippen molar-refractivity contribution >= 4 is 16.8 Å². The molecule has 2 aromatic heterocycles. The molecule has 1 saturated carbocycles. The van der Waals surface area contributed by atoms with E-state index in [1.54, 1.807) is 18.5 Å². The number of amides is 1. The van der Waals surface area contributed by atoms with E-state index in [2.05, 4.69) is 20.2 Å². The predicted octanol–water partition coefficient (Wildman–Crippen LogP) is 3.40. The van der Waals surface area contributed by atoms with Gasteiger partial charge in [0.2, 0.25) is 0 Å².